The Labute approximate surface area is 124 Å². The van der Waals surface area contributed by atoms with E-state index in [1.807, 2.05) is 43.1 Å². The van der Waals surface area contributed by atoms with Gasteiger partial charge < -0.3 is 0 Å². The molecule has 0 aliphatic heterocycles. The molecule has 5 nitrogen and oxygen atoms in total. The molecule has 102 valence electrons. The van der Waals surface area contributed by atoms with Crippen molar-refractivity contribution < 1.29 is 33.5 Å². The predicted molar refractivity (Wildman–Crippen MR) is 64.0 cm³/mol. The molecule has 0 aliphatic rings. The van der Waals surface area contributed by atoms with Gasteiger partial charge in [0.2, 0.25) is 0 Å². The van der Waals surface area contributed by atoms with E-state index in [-0.39, 0.29) is 0 Å². The van der Waals surface area contributed by atoms with Crippen molar-refractivity contribution in [2.24, 2.45) is 0 Å². The molecule has 0 spiro atoms. The first-order valence-corrected chi connectivity index (χ1v) is 7.56. The van der Waals surface area contributed by atoms with Crippen molar-refractivity contribution in [3.8, 4) is 0 Å². The Bertz CT molecular complexity index is 432. The summed E-state index contributed by atoms with van der Waals surface area (Å²) in [7, 11) is -1.02. The van der Waals surface area contributed by atoms with Crippen LogP contribution in [-0.2, 0) is 0 Å². The highest BCUT2D eigenvalue weighted by Gasteiger charge is 2.00. The fourth-order valence-electron chi connectivity index (χ4n) is 0.739. The van der Waals surface area contributed by atoms with Crippen molar-refractivity contribution >= 4 is 50.1 Å². The number of halogens is 3. The minimum Gasteiger partial charge on any atom is -0.241 e. The third-order valence-electron chi connectivity index (χ3n) is 1.33. The second-order valence-electron chi connectivity index (χ2n) is 3.11. The second-order valence-corrected chi connectivity index (χ2v) is 6.74. The zero-order valence-electron chi connectivity index (χ0n) is 9.43. The third-order valence-corrected chi connectivity index (χ3v) is 3.43. The van der Waals surface area contributed by atoms with Crippen LogP contribution in [0.4, 0.5) is 0 Å². The number of hydrogen-bond acceptors (Lipinski definition) is 5. The van der Waals surface area contributed by atoms with Gasteiger partial charge in [0.05, 0.1) is 8.82 Å². The van der Waals surface area contributed by atoms with Crippen LogP contribution in [0.2, 0.25) is 0 Å². The third kappa shape index (κ3) is 11.1. The van der Waals surface area contributed by atoms with Gasteiger partial charge in [-0.05, 0) is 28.1 Å². The summed E-state index contributed by atoms with van der Waals surface area (Å²) in [5, 5.41) is 0.768. The van der Waals surface area contributed by atoms with Crippen LogP contribution in [0.15, 0.2) is 22.0 Å². The fourth-order valence-corrected chi connectivity index (χ4v) is 2.28. The van der Waals surface area contributed by atoms with E-state index in [4.69, 9.17) is 30.2 Å². The number of thiophene rings is 1. The van der Waals surface area contributed by atoms with Crippen LogP contribution in [-0.4, -0.2) is 24.9 Å². The zero-order valence-corrected chi connectivity index (χ0v) is 13.3. The summed E-state index contributed by atoms with van der Waals surface area (Å²) in [6.07, 6.45) is 3.82. The Balaban J connectivity index is 0.000000494. The molecule has 0 atom stereocenters. The fraction of sp³-hybridized carbons (Fsp3) is 0.222. The Morgan fingerprint density at radius 3 is 2.17 bits per heavy atom. The molecular formula is C9H10BrCl2NO4S. The molecule has 0 amide bonds. The molecular weight excluding hydrogens is 369 g/mol. The summed E-state index contributed by atoms with van der Waals surface area (Å²) in [6, 6.07) is 3.99. The Kier molecular flexibility index (Phi) is 8.24. The Morgan fingerprint density at radius 2 is 1.83 bits per heavy atom. The molecule has 0 bridgehead atoms. The first-order valence-electron chi connectivity index (χ1n) is 4.34. The summed E-state index contributed by atoms with van der Waals surface area (Å²) >= 11 is 11.1. The zero-order chi connectivity index (χ0) is 14.3. The van der Waals surface area contributed by atoms with Gasteiger partial charge in [0, 0.05) is 11.0 Å². The molecule has 0 aliphatic carbocycles. The highest BCUT2D eigenvalue weighted by molar-refractivity contribution is 9.11. The van der Waals surface area contributed by atoms with Gasteiger partial charge in [-0.2, -0.15) is 0 Å². The van der Waals surface area contributed by atoms with Crippen LogP contribution < -0.4 is 18.6 Å². The van der Waals surface area contributed by atoms with Gasteiger partial charge in [-0.25, -0.2) is 23.2 Å². The molecule has 18 heavy (non-hydrogen) atoms. The van der Waals surface area contributed by atoms with Crippen LogP contribution in [0.25, 0.3) is 5.03 Å². The minimum absolute atomic E-state index is 0.768. The van der Waals surface area contributed by atoms with E-state index in [9.17, 15) is 0 Å². The summed E-state index contributed by atoms with van der Waals surface area (Å²) in [5.41, 5.74) is 0. The lowest BCUT2D eigenvalue weighted by Gasteiger charge is -2.17. The van der Waals surface area contributed by atoms with Crippen LogP contribution in [0.1, 0.15) is 4.88 Å². The van der Waals surface area contributed by atoms with Crippen molar-refractivity contribution in [2.75, 3.05) is 14.1 Å². The Morgan fingerprint density at radius 1 is 1.33 bits per heavy atom. The molecule has 1 heterocycles. The van der Waals surface area contributed by atoms with Gasteiger partial charge in [-0.3, -0.25) is 0 Å². The SMILES string of the molecule is C[N+](C)=CC=C(Cl)c1ccc(Br)s1.[O-][Cl+3]([O-])([O-])[O-]. The van der Waals surface area contributed by atoms with Crippen LogP contribution in [0.5, 0.6) is 0 Å². The van der Waals surface area contributed by atoms with Gasteiger partial charge in [-0.1, -0.05) is 11.6 Å². The van der Waals surface area contributed by atoms with E-state index >= 15 is 0 Å². The van der Waals surface area contributed by atoms with Gasteiger partial charge >= 0.3 is 0 Å². The molecule has 0 aromatic carbocycles. The van der Waals surface area contributed by atoms with E-state index in [0.717, 1.165) is 13.7 Å². The minimum atomic E-state index is -4.94. The monoisotopic (exact) mass is 377 g/mol. The molecule has 9 heteroatoms. The van der Waals surface area contributed by atoms with E-state index in [2.05, 4.69) is 15.9 Å². The quantitative estimate of drug-likeness (QED) is 0.471. The molecule has 0 N–H and O–H groups in total. The lowest BCUT2D eigenvalue weighted by atomic mass is 10.4. The average molecular weight is 379 g/mol. The van der Waals surface area contributed by atoms with Crippen molar-refractivity contribution in [1.82, 2.24) is 0 Å². The molecule has 1 aromatic rings. The topological polar surface area (TPSA) is 95.2 Å². The summed E-state index contributed by atoms with van der Waals surface area (Å²) in [6.45, 7) is 0. The van der Waals surface area contributed by atoms with Crippen LogP contribution in [0.3, 0.4) is 0 Å². The molecule has 0 radical (unpaired) electrons. The van der Waals surface area contributed by atoms with Gasteiger partial charge in [0.15, 0.2) is 6.21 Å². The number of rotatable bonds is 2. The first-order chi connectivity index (χ1) is 8.09. The largest absolute Gasteiger partial charge is 0.241 e. The normalized spacial score (nSPS) is 11.7. The molecule has 1 rings (SSSR count). The van der Waals surface area contributed by atoms with Crippen molar-refractivity contribution in [1.29, 1.82) is 0 Å². The highest BCUT2D eigenvalue weighted by Crippen LogP contribution is 2.29. The van der Waals surface area contributed by atoms with Crippen LogP contribution in [0, 0.1) is 10.2 Å². The van der Waals surface area contributed by atoms with Crippen molar-refractivity contribution in [3.63, 3.8) is 0 Å². The summed E-state index contributed by atoms with van der Waals surface area (Å²) < 4.78 is 37.0. The number of allylic oxidation sites excluding steroid dienone is 1. The number of hydrogen-bond donors (Lipinski definition) is 0. The molecule has 1 aromatic heterocycles. The maximum atomic E-state index is 8.49. The molecule has 0 unspecified atom stereocenters. The highest BCUT2D eigenvalue weighted by atomic mass is 79.9. The van der Waals surface area contributed by atoms with E-state index in [1.54, 1.807) is 11.3 Å². The predicted octanol–water partition coefficient (Wildman–Crippen LogP) is -1.32. The number of nitrogens with zero attached hydrogens (tertiary/aromatic N) is 1. The molecule has 0 saturated carbocycles. The summed E-state index contributed by atoms with van der Waals surface area (Å²) in [4.78, 5) is 1.08. The van der Waals surface area contributed by atoms with Crippen molar-refractivity contribution in [2.45, 2.75) is 0 Å². The van der Waals surface area contributed by atoms with Crippen LogP contribution >= 0.6 is 38.9 Å². The smallest absolute Gasteiger partial charge is 0.164 e. The lowest BCUT2D eigenvalue weighted by molar-refractivity contribution is -2.00. The van der Waals surface area contributed by atoms with Crippen molar-refractivity contribution in [3.05, 3.63) is 26.9 Å². The maximum Gasteiger partial charge on any atom is 0.164 e. The standard InChI is InChI=1S/C9H10BrClNS.ClHO4/c1-12(2)6-5-7(11)8-3-4-9(10)13-8;2-1(3,4)5/h3-6H,1-2H3;(H,2,3,4,5)/q+1;/p-1. The lowest BCUT2D eigenvalue weighted by Crippen LogP contribution is -2.68. The molecule has 0 fully saturated rings. The van der Waals surface area contributed by atoms with E-state index in [1.165, 1.54) is 0 Å². The second kappa shape index (κ2) is 8.23. The first kappa shape index (κ1) is 18.0. The maximum absolute atomic E-state index is 8.49. The average Bonchev–Trinajstić information content (AvgIpc) is 2.58. The van der Waals surface area contributed by atoms with E-state index in [0.29, 0.717) is 0 Å². The Hall–Kier alpha value is 0.01000. The van der Waals surface area contributed by atoms with E-state index < -0.39 is 10.2 Å². The van der Waals surface area contributed by atoms with Gasteiger partial charge in [-0.15, -0.1) is 21.6 Å². The van der Waals surface area contributed by atoms with Gasteiger partial charge in [0.1, 0.15) is 14.1 Å². The summed E-state index contributed by atoms with van der Waals surface area (Å²) in [5.74, 6) is 0. The molecule has 0 saturated heterocycles. The van der Waals surface area contributed by atoms with Gasteiger partial charge in [0.25, 0.3) is 0 Å².